The first-order chi connectivity index (χ1) is 9.15. The monoisotopic (exact) mass is 319 g/mol. The van der Waals surface area contributed by atoms with Crippen LogP contribution in [-0.2, 0) is 4.79 Å². The van der Waals surface area contributed by atoms with Gasteiger partial charge in [-0.15, -0.1) is 0 Å². The van der Waals surface area contributed by atoms with Gasteiger partial charge in [0, 0.05) is 10.7 Å². The number of carbonyl (C=O) groups excluding carboxylic acids is 2. The van der Waals surface area contributed by atoms with Gasteiger partial charge in [0.05, 0.1) is 11.4 Å². The molecule has 5 nitrogen and oxygen atoms in total. The summed E-state index contributed by atoms with van der Waals surface area (Å²) in [6.07, 6.45) is 1.68. The first kappa shape index (κ1) is 12.0. The molecule has 0 fully saturated rings. The molecule has 96 valence electrons. The van der Waals surface area contributed by atoms with Gasteiger partial charge < -0.3 is 10.3 Å². The van der Waals surface area contributed by atoms with Crippen LogP contribution in [0.1, 0.15) is 10.5 Å². The van der Waals surface area contributed by atoms with E-state index in [4.69, 9.17) is 0 Å². The Morgan fingerprint density at radius 1 is 1.32 bits per heavy atom. The van der Waals surface area contributed by atoms with Crippen molar-refractivity contribution in [1.29, 1.82) is 0 Å². The van der Waals surface area contributed by atoms with Crippen molar-refractivity contribution in [3.63, 3.8) is 0 Å². The topological polar surface area (TPSA) is 65.2 Å². The van der Waals surface area contributed by atoms with Crippen molar-refractivity contribution < 1.29 is 9.59 Å². The number of hydrogen-bond acceptors (Lipinski definition) is 2. The molecule has 0 unspecified atom stereocenters. The molecular weight excluding hydrogens is 310 g/mol. The van der Waals surface area contributed by atoms with Crippen molar-refractivity contribution in [1.82, 2.24) is 4.98 Å². The SMILES string of the molecule is O=C1CN(C(=O)c2cc(Br)c[nH]2)c2ccccc2N1. The number of halogens is 1. The van der Waals surface area contributed by atoms with Crippen LogP contribution in [0.25, 0.3) is 0 Å². The summed E-state index contributed by atoms with van der Waals surface area (Å²) in [6, 6.07) is 8.93. The second-order valence-corrected chi connectivity index (χ2v) is 5.10. The molecule has 3 rings (SSSR count). The third kappa shape index (κ3) is 2.15. The van der Waals surface area contributed by atoms with Gasteiger partial charge in [-0.25, -0.2) is 0 Å². The minimum Gasteiger partial charge on any atom is -0.356 e. The molecule has 2 N–H and O–H groups in total. The molecule has 6 heteroatoms. The molecule has 0 radical (unpaired) electrons. The van der Waals surface area contributed by atoms with Crippen molar-refractivity contribution >= 4 is 39.1 Å². The molecule has 0 atom stereocenters. The fourth-order valence-electron chi connectivity index (χ4n) is 2.05. The molecule has 0 saturated carbocycles. The molecule has 1 aromatic carbocycles. The third-order valence-electron chi connectivity index (χ3n) is 2.89. The van der Waals surface area contributed by atoms with Crippen molar-refractivity contribution in [3.05, 3.63) is 46.7 Å². The van der Waals surface area contributed by atoms with Gasteiger partial charge in [0.2, 0.25) is 5.91 Å². The van der Waals surface area contributed by atoms with E-state index in [1.807, 2.05) is 18.2 Å². The lowest BCUT2D eigenvalue weighted by Crippen LogP contribution is -2.42. The predicted octanol–water partition coefficient (Wildman–Crippen LogP) is 2.38. The average molecular weight is 320 g/mol. The number of anilines is 2. The number of amides is 2. The second kappa shape index (κ2) is 4.55. The quantitative estimate of drug-likeness (QED) is 0.847. The Morgan fingerprint density at radius 3 is 2.84 bits per heavy atom. The molecule has 19 heavy (non-hydrogen) atoms. The summed E-state index contributed by atoms with van der Waals surface area (Å²) in [7, 11) is 0. The standard InChI is InChI=1S/C13H10BrN3O2/c14-8-5-10(15-6-8)13(19)17-7-12(18)16-9-3-1-2-4-11(9)17/h1-6,15H,7H2,(H,16,18). The van der Waals surface area contributed by atoms with E-state index in [0.717, 1.165) is 4.47 Å². The second-order valence-electron chi connectivity index (χ2n) is 4.19. The van der Waals surface area contributed by atoms with E-state index < -0.39 is 0 Å². The number of carbonyl (C=O) groups is 2. The summed E-state index contributed by atoms with van der Waals surface area (Å²) >= 11 is 3.29. The Hall–Kier alpha value is -2.08. The lowest BCUT2D eigenvalue weighted by atomic mass is 10.2. The number of fused-ring (bicyclic) bond motifs is 1. The average Bonchev–Trinajstić information content (AvgIpc) is 2.83. The minimum atomic E-state index is -0.229. The lowest BCUT2D eigenvalue weighted by molar-refractivity contribution is -0.115. The Morgan fingerprint density at radius 2 is 2.11 bits per heavy atom. The first-order valence-corrected chi connectivity index (χ1v) is 6.49. The number of nitrogens with one attached hydrogen (secondary N) is 2. The normalized spacial score (nSPS) is 13.9. The summed E-state index contributed by atoms with van der Waals surface area (Å²) < 4.78 is 0.797. The third-order valence-corrected chi connectivity index (χ3v) is 3.35. The maximum absolute atomic E-state index is 12.4. The van der Waals surface area contributed by atoms with Crippen LogP contribution in [0.15, 0.2) is 41.0 Å². The van der Waals surface area contributed by atoms with Gasteiger partial charge in [-0.1, -0.05) is 12.1 Å². The van der Waals surface area contributed by atoms with E-state index in [-0.39, 0.29) is 18.4 Å². The number of rotatable bonds is 1. The van der Waals surface area contributed by atoms with Crippen molar-refractivity contribution in [2.24, 2.45) is 0 Å². The number of para-hydroxylation sites is 2. The van der Waals surface area contributed by atoms with Crippen molar-refractivity contribution in [3.8, 4) is 0 Å². The number of H-pyrrole nitrogens is 1. The largest absolute Gasteiger partial charge is 0.356 e. The van der Waals surface area contributed by atoms with Crippen LogP contribution < -0.4 is 10.2 Å². The molecule has 2 aromatic rings. The molecule has 0 spiro atoms. The number of aromatic amines is 1. The molecule has 1 aliphatic rings. The Labute approximate surface area is 117 Å². The zero-order valence-electron chi connectivity index (χ0n) is 9.81. The Kier molecular flexibility index (Phi) is 2.87. The van der Waals surface area contributed by atoms with Gasteiger partial charge in [-0.3, -0.25) is 14.5 Å². The van der Waals surface area contributed by atoms with Gasteiger partial charge in [-0.05, 0) is 34.1 Å². The van der Waals surface area contributed by atoms with Gasteiger partial charge >= 0.3 is 0 Å². The fraction of sp³-hybridized carbons (Fsp3) is 0.0769. The van der Waals surface area contributed by atoms with E-state index in [2.05, 4.69) is 26.2 Å². The highest BCUT2D eigenvalue weighted by atomic mass is 79.9. The molecule has 2 heterocycles. The van der Waals surface area contributed by atoms with Gasteiger partial charge in [0.1, 0.15) is 12.2 Å². The molecule has 0 aliphatic carbocycles. The lowest BCUT2D eigenvalue weighted by Gasteiger charge is -2.28. The van der Waals surface area contributed by atoms with Gasteiger partial charge in [-0.2, -0.15) is 0 Å². The van der Waals surface area contributed by atoms with Gasteiger partial charge in [0.15, 0.2) is 0 Å². The summed E-state index contributed by atoms with van der Waals surface area (Å²) in [4.78, 5) is 28.4. The highest BCUT2D eigenvalue weighted by molar-refractivity contribution is 9.10. The van der Waals surface area contributed by atoms with Crippen molar-refractivity contribution in [2.45, 2.75) is 0 Å². The summed E-state index contributed by atoms with van der Waals surface area (Å²) in [5, 5.41) is 2.75. The molecule has 0 bridgehead atoms. The van der Waals surface area contributed by atoms with Crippen LogP contribution in [0, 0.1) is 0 Å². The maximum atomic E-state index is 12.4. The van der Waals surface area contributed by atoms with E-state index in [9.17, 15) is 9.59 Å². The minimum absolute atomic E-state index is 0.0203. The van der Waals surface area contributed by atoms with E-state index >= 15 is 0 Å². The highest BCUT2D eigenvalue weighted by Crippen LogP contribution is 2.30. The molecule has 1 aromatic heterocycles. The summed E-state index contributed by atoms with van der Waals surface area (Å²) in [6.45, 7) is 0.0203. The molecule has 2 amide bonds. The molecule has 0 saturated heterocycles. The van der Waals surface area contributed by atoms with Crippen LogP contribution >= 0.6 is 15.9 Å². The predicted molar refractivity (Wildman–Crippen MR) is 75.2 cm³/mol. The molecule has 1 aliphatic heterocycles. The fourth-order valence-corrected chi connectivity index (χ4v) is 2.39. The number of benzene rings is 1. The molecular formula is C13H10BrN3O2. The van der Waals surface area contributed by atoms with E-state index in [1.165, 1.54) is 4.90 Å². The van der Waals surface area contributed by atoms with Gasteiger partial charge in [0.25, 0.3) is 5.91 Å². The smallest absolute Gasteiger partial charge is 0.275 e. The van der Waals surface area contributed by atoms with Crippen LogP contribution in [0.4, 0.5) is 11.4 Å². The van der Waals surface area contributed by atoms with Crippen molar-refractivity contribution in [2.75, 3.05) is 16.8 Å². The Balaban J connectivity index is 2.01. The highest BCUT2D eigenvalue weighted by Gasteiger charge is 2.27. The summed E-state index contributed by atoms with van der Waals surface area (Å²) in [5.41, 5.74) is 1.80. The van der Waals surface area contributed by atoms with Crippen LogP contribution in [0.5, 0.6) is 0 Å². The van der Waals surface area contributed by atoms with Crippen LogP contribution in [-0.4, -0.2) is 23.3 Å². The van der Waals surface area contributed by atoms with E-state index in [0.29, 0.717) is 17.1 Å². The summed E-state index contributed by atoms with van der Waals surface area (Å²) in [5.74, 6) is -0.425. The first-order valence-electron chi connectivity index (χ1n) is 5.70. The van der Waals surface area contributed by atoms with Crippen LogP contribution in [0.3, 0.4) is 0 Å². The number of aromatic nitrogens is 1. The zero-order chi connectivity index (χ0) is 13.4. The maximum Gasteiger partial charge on any atom is 0.275 e. The zero-order valence-corrected chi connectivity index (χ0v) is 11.4. The number of nitrogens with zero attached hydrogens (tertiary/aromatic N) is 1. The Bertz CT molecular complexity index is 665. The van der Waals surface area contributed by atoms with E-state index in [1.54, 1.807) is 18.3 Å². The number of hydrogen-bond donors (Lipinski definition) is 2. The van der Waals surface area contributed by atoms with Crippen LogP contribution in [0.2, 0.25) is 0 Å².